The number of rotatable bonds is 9. The summed E-state index contributed by atoms with van der Waals surface area (Å²) in [6, 6.07) is 6.11. The van der Waals surface area contributed by atoms with Crippen LogP contribution in [0.4, 0.5) is 23.1 Å². The maximum atomic E-state index is 13.6. The van der Waals surface area contributed by atoms with E-state index in [9.17, 15) is 19.2 Å². The number of hydrogen-bond donors (Lipinski definition) is 2. The van der Waals surface area contributed by atoms with Gasteiger partial charge in [-0.3, -0.25) is 38.9 Å². The number of ketones is 1. The van der Waals surface area contributed by atoms with E-state index in [1.54, 1.807) is 23.9 Å². The number of hydrogen-bond acceptors (Lipinski definition) is 12. The maximum Gasteiger partial charge on any atom is 0.263 e. The lowest BCUT2D eigenvalue weighted by molar-refractivity contribution is -0.134. The van der Waals surface area contributed by atoms with Gasteiger partial charge in [0, 0.05) is 76.1 Å². The van der Waals surface area contributed by atoms with Crippen LogP contribution in [0.2, 0.25) is 0 Å². The molecule has 1 saturated carbocycles. The summed E-state index contributed by atoms with van der Waals surface area (Å²) in [5.41, 5.74) is 4.15. The van der Waals surface area contributed by atoms with E-state index in [1.165, 1.54) is 6.92 Å². The average Bonchev–Trinajstić information content (AvgIpc) is 3.70. The fourth-order valence-electron chi connectivity index (χ4n) is 8.82. The minimum atomic E-state index is -0.319. The standard InChI is InChI=1S/C40H48N10O4/c1-25-33-23-43-40(46-37(33)50(29-5-3-4-6-29)39(54)36(25)26(2)51)44-34-9-7-30(22-42-34)49-17-15-47(16-18-49)24-27-11-13-48(14-12-27)31-19-28(20-41-21-31)32-8-10-35(52)45-38(32)53/h7,9,19-23,27,29,32H,3-6,8,10-18,24H2,1-2H3,(H,45,52,53)(H,42,43,44,46). The highest BCUT2D eigenvalue weighted by molar-refractivity contribution is 6.01. The first-order valence-corrected chi connectivity index (χ1v) is 19.4. The first-order valence-electron chi connectivity index (χ1n) is 19.4. The van der Waals surface area contributed by atoms with E-state index in [1.807, 2.05) is 18.5 Å². The molecule has 54 heavy (non-hydrogen) atoms. The van der Waals surface area contributed by atoms with Crippen LogP contribution in [0.3, 0.4) is 0 Å². The van der Waals surface area contributed by atoms with Gasteiger partial charge in [-0.2, -0.15) is 4.98 Å². The highest BCUT2D eigenvalue weighted by Gasteiger charge is 2.30. The quantitative estimate of drug-likeness (QED) is 0.184. The minimum absolute atomic E-state index is 0.0218. The van der Waals surface area contributed by atoms with Crippen LogP contribution >= 0.6 is 0 Å². The third-order valence-corrected chi connectivity index (χ3v) is 11.9. The number of piperidine rings is 2. The van der Waals surface area contributed by atoms with Crippen LogP contribution in [-0.4, -0.2) is 92.8 Å². The number of carbonyl (C=O) groups is 3. The molecule has 3 aliphatic heterocycles. The zero-order chi connectivity index (χ0) is 37.3. The molecule has 2 amide bonds. The molecule has 0 radical (unpaired) electrons. The summed E-state index contributed by atoms with van der Waals surface area (Å²) < 4.78 is 1.72. The van der Waals surface area contributed by atoms with Crippen LogP contribution in [-0.2, 0) is 9.59 Å². The van der Waals surface area contributed by atoms with E-state index >= 15 is 0 Å². The zero-order valence-corrected chi connectivity index (χ0v) is 31.1. The van der Waals surface area contributed by atoms with Gasteiger partial charge >= 0.3 is 0 Å². The molecule has 3 saturated heterocycles. The van der Waals surface area contributed by atoms with Gasteiger partial charge in [0.2, 0.25) is 17.8 Å². The predicted molar refractivity (Wildman–Crippen MR) is 207 cm³/mol. The largest absolute Gasteiger partial charge is 0.370 e. The maximum absolute atomic E-state index is 13.6. The van der Waals surface area contributed by atoms with Crippen molar-refractivity contribution in [1.29, 1.82) is 0 Å². The van der Waals surface area contributed by atoms with E-state index in [-0.39, 0.29) is 40.7 Å². The van der Waals surface area contributed by atoms with E-state index in [4.69, 9.17) is 4.98 Å². The van der Waals surface area contributed by atoms with Gasteiger partial charge in [-0.1, -0.05) is 12.8 Å². The molecule has 4 aromatic heterocycles. The Hall–Kier alpha value is -5.24. The van der Waals surface area contributed by atoms with Crippen LogP contribution in [0.5, 0.6) is 0 Å². The van der Waals surface area contributed by atoms with Gasteiger partial charge in [-0.05, 0) is 81.2 Å². The third-order valence-electron chi connectivity index (χ3n) is 11.9. The van der Waals surface area contributed by atoms with Gasteiger partial charge in [0.1, 0.15) is 11.5 Å². The molecule has 282 valence electrons. The van der Waals surface area contributed by atoms with E-state index in [2.05, 4.69) is 52.4 Å². The number of nitrogens with one attached hydrogen (secondary N) is 2. The van der Waals surface area contributed by atoms with E-state index in [0.717, 1.165) is 107 Å². The minimum Gasteiger partial charge on any atom is -0.370 e. The number of imide groups is 1. The number of nitrogens with zero attached hydrogens (tertiary/aromatic N) is 8. The van der Waals surface area contributed by atoms with Gasteiger partial charge in [0.15, 0.2) is 5.78 Å². The number of aromatic nitrogens is 5. The molecule has 1 unspecified atom stereocenters. The summed E-state index contributed by atoms with van der Waals surface area (Å²) in [5.74, 6) is 0.638. The first kappa shape index (κ1) is 35.8. The molecule has 4 aromatic rings. The Balaban J connectivity index is 0.843. The van der Waals surface area contributed by atoms with Gasteiger partial charge in [0.25, 0.3) is 5.56 Å². The molecular formula is C40H48N10O4. The van der Waals surface area contributed by atoms with Gasteiger partial charge in [0.05, 0.1) is 35.2 Å². The van der Waals surface area contributed by atoms with Crippen molar-refractivity contribution in [3.63, 3.8) is 0 Å². The molecule has 8 rings (SSSR count). The summed E-state index contributed by atoms with van der Waals surface area (Å²) in [6.07, 6.45) is 14.2. The summed E-state index contributed by atoms with van der Waals surface area (Å²) in [7, 11) is 0. The molecule has 2 N–H and O–H groups in total. The Morgan fingerprint density at radius 3 is 2.33 bits per heavy atom. The SMILES string of the molecule is CC(=O)c1c(C)c2cnc(Nc3ccc(N4CCN(CC5CCN(c6cncc(C7CCC(=O)NC7=O)c6)CC5)CC4)cn3)nc2n(C2CCCC2)c1=O. The van der Waals surface area contributed by atoms with Crippen molar-refractivity contribution in [3.05, 3.63) is 70.0 Å². The monoisotopic (exact) mass is 732 g/mol. The van der Waals surface area contributed by atoms with Crippen molar-refractivity contribution in [2.75, 3.05) is 60.9 Å². The van der Waals surface area contributed by atoms with Crippen LogP contribution in [0.25, 0.3) is 11.0 Å². The molecule has 1 aliphatic carbocycles. The summed E-state index contributed by atoms with van der Waals surface area (Å²) in [4.78, 5) is 75.8. The number of fused-ring (bicyclic) bond motifs is 1. The smallest absolute Gasteiger partial charge is 0.263 e. The Bertz CT molecular complexity index is 2110. The predicted octanol–water partition coefficient (Wildman–Crippen LogP) is 4.51. The zero-order valence-electron chi connectivity index (χ0n) is 31.1. The second kappa shape index (κ2) is 15.2. The highest BCUT2D eigenvalue weighted by atomic mass is 16.2. The Kier molecular flexibility index (Phi) is 10.1. The lowest BCUT2D eigenvalue weighted by atomic mass is 9.91. The molecular weight excluding hydrogens is 685 g/mol. The topological polar surface area (TPSA) is 159 Å². The van der Waals surface area contributed by atoms with Crippen LogP contribution in [0.1, 0.15) is 91.7 Å². The Labute approximate surface area is 314 Å². The average molecular weight is 733 g/mol. The van der Waals surface area contributed by atoms with Crippen LogP contribution < -0.4 is 26.0 Å². The number of carbonyl (C=O) groups excluding carboxylic acids is 3. The van der Waals surface area contributed by atoms with Crippen LogP contribution in [0, 0.1) is 12.8 Å². The molecule has 1 atom stereocenters. The van der Waals surface area contributed by atoms with Crippen molar-refractivity contribution in [2.24, 2.45) is 5.92 Å². The number of Topliss-reactive ketones (excluding diaryl/α,β-unsaturated/α-hetero) is 1. The number of aryl methyl sites for hydroxylation is 1. The number of piperazine rings is 1. The molecule has 4 aliphatic rings. The molecule has 0 bridgehead atoms. The molecule has 14 heteroatoms. The number of amides is 2. The lowest BCUT2D eigenvalue weighted by Gasteiger charge is -2.40. The third kappa shape index (κ3) is 7.31. The second-order valence-electron chi connectivity index (χ2n) is 15.3. The Morgan fingerprint density at radius 1 is 0.870 bits per heavy atom. The van der Waals surface area contributed by atoms with Crippen LogP contribution in [0.15, 0.2) is 47.8 Å². The lowest BCUT2D eigenvalue weighted by Crippen LogP contribution is -2.49. The molecule has 0 aromatic carbocycles. The molecule has 14 nitrogen and oxygen atoms in total. The number of pyridine rings is 3. The normalized spacial score (nSPS) is 20.4. The number of anilines is 4. The fourth-order valence-corrected chi connectivity index (χ4v) is 8.82. The molecule has 0 spiro atoms. The van der Waals surface area contributed by atoms with E-state index in [0.29, 0.717) is 41.7 Å². The summed E-state index contributed by atoms with van der Waals surface area (Å²) in [6.45, 7) is 10.1. The van der Waals surface area contributed by atoms with Crippen molar-refractivity contribution < 1.29 is 14.4 Å². The van der Waals surface area contributed by atoms with Gasteiger partial charge < -0.3 is 15.1 Å². The van der Waals surface area contributed by atoms with E-state index < -0.39 is 0 Å². The summed E-state index contributed by atoms with van der Waals surface area (Å²) >= 11 is 0. The summed E-state index contributed by atoms with van der Waals surface area (Å²) in [5, 5.41) is 6.41. The van der Waals surface area contributed by atoms with Gasteiger partial charge in [-0.25, -0.2) is 9.97 Å². The van der Waals surface area contributed by atoms with Crippen molar-refractivity contribution in [1.82, 2.24) is 34.7 Å². The molecule has 7 heterocycles. The first-order chi connectivity index (χ1) is 26.2. The van der Waals surface area contributed by atoms with Gasteiger partial charge in [-0.15, -0.1) is 0 Å². The fraction of sp³-hybridized carbons (Fsp3) is 0.500. The van der Waals surface area contributed by atoms with Crippen molar-refractivity contribution in [2.45, 2.75) is 77.2 Å². The van der Waals surface area contributed by atoms with Crippen molar-refractivity contribution in [3.8, 4) is 0 Å². The van der Waals surface area contributed by atoms with Crippen molar-refractivity contribution >= 4 is 51.8 Å². The molecule has 4 fully saturated rings. The Morgan fingerprint density at radius 2 is 1.63 bits per heavy atom. The highest BCUT2D eigenvalue weighted by Crippen LogP contribution is 2.33. The second-order valence-corrected chi connectivity index (χ2v) is 15.3.